The van der Waals surface area contributed by atoms with Crippen LogP contribution < -0.4 is 0 Å². The van der Waals surface area contributed by atoms with Gasteiger partial charge in [-0.25, -0.2) is 0 Å². The van der Waals surface area contributed by atoms with Gasteiger partial charge < -0.3 is 9.80 Å². The maximum atomic E-state index is 2.51. The highest BCUT2D eigenvalue weighted by molar-refractivity contribution is 5.01. The Kier molecular flexibility index (Phi) is 2.85. The first-order chi connectivity index (χ1) is 6.66. The van der Waals surface area contributed by atoms with Gasteiger partial charge in [0.25, 0.3) is 0 Å². The summed E-state index contributed by atoms with van der Waals surface area (Å²) in [5.41, 5.74) is 0.720. The standard InChI is InChI=1S/C12H24N2/c1-4-13(2)9-11-5-6-12(11)7-8-14(3)10-12/h11H,4-10H2,1-3H3. The normalized spacial score (nSPS) is 38.1. The van der Waals surface area contributed by atoms with Crippen LogP contribution in [0.5, 0.6) is 0 Å². The van der Waals surface area contributed by atoms with Crippen molar-refractivity contribution < 1.29 is 0 Å². The van der Waals surface area contributed by atoms with Crippen LogP contribution in [0.25, 0.3) is 0 Å². The number of likely N-dealkylation sites (tertiary alicyclic amines) is 1. The van der Waals surface area contributed by atoms with Crippen molar-refractivity contribution >= 4 is 0 Å². The molecular formula is C12H24N2. The molecule has 0 amide bonds. The van der Waals surface area contributed by atoms with Gasteiger partial charge in [0.1, 0.15) is 0 Å². The molecule has 2 unspecified atom stereocenters. The number of hydrogen-bond donors (Lipinski definition) is 0. The predicted molar refractivity (Wildman–Crippen MR) is 60.4 cm³/mol. The monoisotopic (exact) mass is 196 g/mol. The summed E-state index contributed by atoms with van der Waals surface area (Å²) < 4.78 is 0. The van der Waals surface area contributed by atoms with Gasteiger partial charge in [0.15, 0.2) is 0 Å². The summed E-state index contributed by atoms with van der Waals surface area (Å²) in [5, 5.41) is 0. The Bertz CT molecular complexity index is 204. The first-order valence-corrected chi connectivity index (χ1v) is 6.03. The Hall–Kier alpha value is -0.0800. The maximum absolute atomic E-state index is 2.51. The molecule has 2 fully saturated rings. The molecule has 82 valence electrons. The Morgan fingerprint density at radius 3 is 2.64 bits per heavy atom. The third kappa shape index (κ3) is 1.70. The van der Waals surface area contributed by atoms with Gasteiger partial charge in [-0.05, 0) is 57.8 Å². The summed E-state index contributed by atoms with van der Waals surface area (Å²) in [6, 6.07) is 0. The zero-order valence-electron chi connectivity index (χ0n) is 9.92. The van der Waals surface area contributed by atoms with E-state index in [2.05, 4.69) is 30.8 Å². The highest BCUT2D eigenvalue weighted by atomic mass is 15.1. The van der Waals surface area contributed by atoms with Gasteiger partial charge in [-0.3, -0.25) is 0 Å². The van der Waals surface area contributed by atoms with Gasteiger partial charge in [0.2, 0.25) is 0 Å². The molecular weight excluding hydrogens is 172 g/mol. The van der Waals surface area contributed by atoms with Gasteiger partial charge in [-0.15, -0.1) is 0 Å². The average Bonchev–Trinajstić information content (AvgIpc) is 2.57. The second-order valence-corrected chi connectivity index (χ2v) is 5.44. The first-order valence-electron chi connectivity index (χ1n) is 6.03. The van der Waals surface area contributed by atoms with Crippen molar-refractivity contribution in [2.45, 2.75) is 26.2 Å². The fourth-order valence-corrected chi connectivity index (χ4v) is 3.19. The van der Waals surface area contributed by atoms with E-state index < -0.39 is 0 Å². The van der Waals surface area contributed by atoms with Crippen molar-refractivity contribution in [2.24, 2.45) is 11.3 Å². The molecule has 1 aliphatic carbocycles. The summed E-state index contributed by atoms with van der Waals surface area (Å²) in [4.78, 5) is 4.99. The maximum Gasteiger partial charge on any atom is 0.00385 e. The lowest BCUT2D eigenvalue weighted by molar-refractivity contribution is 0.0193. The molecule has 1 spiro atoms. The molecule has 2 nitrogen and oxygen atoms in total. The Morgan fingerprint density at radius 1 is 1.43 bits per heavy atom. The fraction of sp³-hybridized carbons (Fsp3) is 1.00. The van der Waals surface area contributed by atoms with Gasteiger partial charge in [0.05, 0.1) is 0 Å². The van der Waals surface area contributed by atoms with Crippen LogP contribution in [-0.2, 0) is 0 Å². The summed E-state index contributed by atoms with van der Waals surface area (Å²) in [5.74, 6) is 0.984. The van der Waals surface area contributed by atoms with Crippen LogP contribution in [0.4, 0.5) is 0 Å². The lowest BCUT2D eigenvalue weighted by Gasteiger charge is -2.48. The van der Waals surface area contributed by atoms with Crippen LogP contribution in [0.2, 0.25) is 0 Å². The molecule has 1 heterocycles. The molecule has 0 aromatic carbocycles. The zero-order chi connectivity index (χ0) is 10.2. The van der Waals surface area contributed by atoms with Crippen molar-refractivity contribution in [3.63, 3.8) is 0 Å². The quantitative estimate of drug-likeness (QED) is 0.677. The van der Waals surface area contributed by atoms with Crippen LogP contribution in [0.15, 0.2) is 0 Å². The summed E-state index contributed by atoms with van der Waals surface area (Å²) in [6.07, 6.45) is 4.41. The number of rotatable bonds is 3. The number of nitrogens with zero attached hydrogens (tertiary/aromatic N) is 2. The highest BCUT2D eigenvalue weighted by Crippen LogP contribution is 2.52. The van der Waals surface area contributed by atoms with E-state index >= 15 is 0 Å². The largest absolute Gasteiger partial charge is 0.306 e. The van der Waals surface area contributed by atoms with Crippen LogP contribution in [0, 0.1) is 11.3 Å². The van der Waals surface area contributed by atoms with Gasteiger partial charge in [-0.1, -0.05) is 6.92 Å². The highest BCUT2D eigenvalue weighted by Gasteiger charge is 2.49. The second-order valence-electron chi connectivity index (χ2n) is 5.44. The Balaban J connectivity index is 1.89. The predicted octanol–water partition coefficient (Wildman–Crippen LogP) is 1.67. The molecule has 2 atom stereocenters. The minimum Gasteiger partial charge on any atom is -0.306 e. The van der Waals surface area contributed by atoms with Crippen molar-refractivity contribution in [2.75, 3.05) is 40.3 Å². The summed E-state index contributed by atoms with van der Waals surface area (Å²) >= 11 is 0. The molecule has 0 aromatic heterocycles. The Morgan fingerprint density at radius 2 is 2.21 bits per heavy atom. The van der Waals surface area contributed by atoms with E-state index in [4.69, 9.17) is 0 Å². The lowest BCUT2D eigenvalue weighted by atomic mass is 9.59. The minimum absolute atomic E-state index is 0.720. The molecule has 14 heavy (non-hydrogen) atoms. The first kappa shape index (κ1) is 10.4. The molecule has 2 aliphatic rings. The average molecular weight is 196 g/mol. The smallest absolute Gasteiger partial charge is 0.00385 e. The van der Waals surface area contributed by atoms with Gasteiger partial charge >= 0.3 is 0 Å². The summed E-state index contributed by atoms with van der Waals surface area (Å²) in [6.45, 7) is 7.46. The van der Waals surface area contributed by atoms with E-state index in [1.807, 2.05) is 0 Å². The lowest BCUT2D eigenvalue weighted by Crippen LogP contribution is -2.47. The van der Waals surface area contributed by atoms with Crippen molar-refractivity contribution in [3.8, 4) is 0 Å². The van der Waals surface area contributed by atoms with Gasteiger partial charge in [0, 0.05) is 13.1 Å². The van der Waals surface area contributed by atoms with E-state index in [1.54, 1.807) is 0 Å². The molecule has 0 bridgehead atoms. The van der Waals surface area contributed by atoms with Crippen molar-refractivity contribution in [1.29, 1.82) is 0 Å². The van der Waals surface area contributed by atoms with Crippen LogP contribution in [-0.4, -0.2) is 50.1 Å². The molecule has 0 aromatic rings. The third-order valence-corrected chi connectivity index (χ3v) is 4.50. The topological polar surface area (TPSA) is 6.48 Å². The van der Waals surface area contributed by atoms with Gasteiger partial charge in [-0.2, -0.15) is 0 Å². The molecule has 0 radical (unpaired) electrons. The number of hydrogen-bond acceptors (Lipinski definition) is 2. The molecule has 0 N–H and O–H groups in total. The van der Waals surface area contributed by atoms with Crippen LogP contribution in [0.1, 0.15) is 26.2 Å². The molecule has 1 saturated carbocycles. The van der Waals surface area contributed by atoms with Crippen LogP contribution >= 0.6 is 0 Å². The van der Waals surface area contributed by atoms with Crippen LogP contribution in [0.3, 0.4) is 0 Å². The van der Waals surface area contributed by atoms with E-state index in [1.165, 1.54) is 45.4 Å². The molecule has 1 aliphatic heterocycles. The van der Waals surface area contributed by atoms with E-state index in [0.717, 1.165) is 11.3 Å². The fourth-order valence-electron chi connectivity index (χ4n) is 3.19. The van der Waals surface area contributed by atoms with E-state index in [0.29, 0.717) is 0 Å². The molecule has 1 saturated heterocycles. The molecule has 2 rings (SSSR count). The Labute approximate surface area is 88.3 Å². The molecule has 2 heteroatoms. The summed E-state index contributed by atoms with van der Waals surface area (Å²) in [7, 11) is 4.53. The zero-order valence-corrected chi connectivity index (χ0v) is 9.92. The third-order valence-electron chi connectivity index (χ3n) is 4.50. The van der Waals surface area contributed by atoms with Crippen molar-refractivity contribution in [1.82, 2.24) is 9.80 Å². The minimum atomic E-state index is 0.720. The van der Waals surface area contributed by atoms with E-state index in [9.17, 15) is 0 Å². The second kappa shape index (κ2) is 3.82. The van der Waals surface area contributed by atoms with E-state index in [-0.39, 0.29) is 0 Å². The van der Waals surface area contributed by atoms with Crippen molar-refractivity contribution in [3.05, 3.63) is 0 Å². The SMILES string of the molecule is CCN(C)CC1CCC12CCN(C)C2.